The Hall–Kier alpha value is -1.05. The average molecular weight is 340 g/mol. The highest BCUT2D eigenvalue weighted by Gasteiger charge is 2.33. The topological polar surface area (TPSA) is 66.5 Å². The molecule has 0 saturated carbocycles. The quantitative estimate of drug-likeness (QED) is 0.919. The molecule has 1 atom stereocenters. The Kier molecular flexibility index (Phi) is 4.47. The number of anilines is 1. The van der Waals surface area contributed by atoms with E-state index in [1.54, 1.807) is 22.5 Å². The lowest BCUT2D eigenvalue weighted by Gasteiger charge is -2.34. The van der Waals surface area contributed by atoms with Crippen LogP contribution in [0.3, 0.4) is 0 Å². The molecule has 7 heteroatoms. The van der Waals surface area contributed by atoms with Crippen molar-refractivity contribution in [1.29, 1.82) is 0 Å². The summed E-state index contributed by atoms with van der Waals surface area (Å²) in [5, 5.41) is 2.76. The van der Waals surface area contributed by atoms with E-state index >= 15 is 0 Å². The lowest BCUT2D eigenvalue weighted by Crippen LogP contribution is -2.43. The number of nitrogens with zero attached hydrogens (tertiary/aromatic N) is 1. The molecule has 0 spiro atoms. The maximum absolute atomic E-state index is 12.9. The SMILES string of the molecule is CC[C@@H]1CCCCN1S(=O)(=O)c1ccc2c(c1)NC(=O)CS2. The summed E-state index contributed by atoms with van der Waals surface area (Å²) < 4.78 is 27.5. The molecule has 120 valence electrons. The maximum atomic E-state index is 12.9. The van der Waals surface area contributed by atoms with Crippen LogP contribution in [0.1, 0.15) is 32.6 Å². The second kappa shape index (κ2) is 6.22. The van der Waals surface area contributed by atoms with Gasteiger partial charge < -0.3 is 5.32 Å². The number of rotatable bonds is 3. The van der Waals surface area contributed by atoms with Crippen molar-refractivity contribution in [1.82, 2.24) is 4.31 Å². The van der Waals surface area contributed by atoms with Crippen LogP contribution in [0, 0.1) is 0 Å². The summed E-state index contributed by atoms with van der Waals surface area (Å²) >= 11 is 1.44. The molecule has 2 aliphatic heterocycles. The molecule has 1 fully saturated rings. The van der Waals surface area contributed by atoms with Crippen molar-refractivity contribution in [3.63, 3.8) is 0 Å². The van der Waals surface area contributed by atoms with E-state index in [4.69, 9.17) is 0 Å². The number of piperidine rings is 1. The van der Waals surface area contributed by atoms with Crippen LogP contribution in [0.15, 0.2) is 28.0 Å². The second-order valence-corrected chi connectivity index (χ2v) is 8.58. The highest BCUT2D eigenvalue weighted by atomic mass is 32.2. The Morgan fingerprint density at radius 1 is 1.36 bits per heavy atom. The Morgan fingerprint density at radius 3 is 2.95 bits per heavy atom. The van der Waals surface area contributed by atoms with E-state index in [1.165, 1.54) is 11.8 Å². The number of thioether (sulfide) groups is 1. The smallest absolute Gasteiger partial charge is 0.243 e. The predicted molar refractivity (Wildman–Crippen MR) is 87.6 cm³/mol. The van der Waals surface area contributed by atoms with Crippen LogP contribution in [-0.4, -0.2) is 37.0 Å². The molecule has 0 bridgehead atoms. The van der Waals surface area contributed by atoms with Gasteiger partial charge in [0.1, 0.15) is 0 Å². The van der Waals surface area contributed by atoms with Gasteiger partial charge in [0.2, 0.25) is 15.9 Å². The Labute approximate surface area is 135 Å². The van der Waals surface area contributed by atoms with Crippen LogP contribution >= 0.6 is 11.8 Å². The first-order valence-corrected chi connectivity index (χ1v) is 10.0. The number of benzene rings is 1. The molecule has 0 aromatic heterocycles. The number of carbonyl (C=O) groups is 1. The largest absolute Gasteiger partial charge is 0.324 e. The lowest BCUT2D eigenvalue weighted by atomic mass is 10.0. The number of hydrogen-bond acceptors (Lipinski definition) is 4. The molecule has 1 amide bonds. The first-order valence-electron chi connectivity index (χ1n) is 7.61. The number of nitrogens with one attached hydrogen (secondary N) is 1. The van der Waals surface area contributed by atoms with Gasteiger partial charge in [-0.25, -0.2) is 8.42 Å². The zero-order chi connectivity index (χ0) is 15.7. The number of fused-ring (bicyclic) bond motifs is 1. The van der Waals surface area contributed by atoms with E-state index < -0.39 is 10.0 Å². The minimum absolute atomic E-state index is 0.0822. The highest BCUT2D eigenvalue weighted by molar-refractivity contribution is 8.00. The van der Waals surface area contributed by atoms with Gasteiger partial charge >= 0.3 is 0 Å². The molecule has 1 N–H and O–H groups in total. The van der Waals surface area contributed by atoms with Gasteiger partial charge in [-0.2, -0.15) is 4.31 Å². The summed E-state index contributed by atoms with van der Waals surface area (Å²) in [7, 11) is -3.50. The van der Waals surface area contributed by atoms with Gasteiger partial charge in [0.05, 0.1) is 16.3 Å². The summed E-state index contributed by atoms with van der Waals surface area (Å²) in [6.45, 7) is 2.61. The molecule has 1 aromatic rings. The minimum Gasteiger partial charge on any atom is -0.324 e. The summed E-state index contributed by atoms with van der Waals surface area (Å²) in [5.41, 5.74) is 0.604. The van der Waals surface area contributed by atoms with E-state index in [2.05, 4.69) is 5.32 Å². The van der Waals surface area contributed by atoms with Crippen molar-refractivity contribution < 1.29 is 13.2 Å². The van der Waals surface area contributed by atoms with Gasteiger partial charge in [-0.3, -0.25) is 4.79 Å². The normalized spacial score (nSPS) is 23.0. The third-order valence-corrected chi connectivity index (χ3v) is 7.26. The minimum atomic E-state index is -3.50. The van der Waals surface area contributed by atoms with E-state index in [-0.39, 0.29) is 16.8 Å². The van der Waals surface area contributed by atoms with Crippen molar-refractivity contribution in [2.45, 2.75) is 48.4 Å². The van der Waals surface area contributed by atoms with Gasteiger partial charge in [-0.05, 0) is 37.5 Å². The van der Waals surface area contributed by atoms with E-state index in [9.17, 15) is 13.2 Å². The van der Waals surface area contributed by atoms with Gasteiger partial charge in [0.25, 0.3) is 0 Å². The molecule has 1 aromatic carbocycles. The molecule has 2 heterocycles. The fraction of sp³-hybridized carbons (Fsp3) is 0.533. The molecule has 0 radical (unpaired) electrons. The monoisotopic (exact) mass is 340 g/mol. The Bertz CT molecular complexity index is 688. The van der Waals surface area contributed by atoms with Crippen molar-refractivity contribution in [3.05, 3.63) is 18.2 Å². The molecule has 1 saturated heterocycles. The summed E-state index contributed by atoms with van der Waals surface area (Å²) in [6, 6.07) is 5.12. The molecule has 2 aliphatic rings. The molecule has 22 heavy (non-hydrogen) atoms. The van der Waals surface area contributed by atoms with E-state index in [0.29, 0.717) is 18.0 Å². The second-order valence-electron chi connectivity index (χ2n) is 5.67. The van der Waals surface area contributed by atoms with Gasteiger partial charge in [-0.15, -0.1) is 11.8 Å². The fourth-order valence-electron chi connectivity index (χ4n) is 3.06. The number of hydrogen-bond donors (Lipinski definition) is 1. The first-order chi connectivity index (χ1) is 10.5. The van der Waals surface area contributed by atoms with Gasteiger partial charge in [0.15, 0.2) is 0 Å². The molecular weight excluding hydrogens is 320 g/mol. The number of amides is 1. The Morgan fingerprint density at radius 2 is 2.18 bits per heavy atom. The van der Waals surface area contributed by atoms with Crippen LogP contribution in [0.4, 0.5) is 5.69 Å². The number of sulfonamides is 1. The molecule has 0 aliphatic carbocycles. The van der Waals surface area contributed by atoms with E-state index in [0.717, 1.165) is 30.6 Å². The third-order valence-electron chi connectivity index (χ3n) is 4.23. The molecule has 0 unspecified atom stereocenters. The lowest BCUT2D eigenvalue weighted by molar-refractivity contribution is -0.113. The fourth-order valence-corrected chi connectivity index (χ4v) is 5.64. The Balaban J connectivity index is 1.95. The zero-order valence-electron chi connectivity index (χ0n) is 12.5. The average Bonchev–Trinajstić information content (AvgIpc) is 2.54. The van der Waals surface area contributed by atoms with Crippen molar-refractivity contribution >= 4 is 33.4 Å². The third kappa shape index (κ3) is 2.89. The highest BCUT2D eigenvalue weighted by Crippen LogP contribution is 2.35. The van der Waals surface area contributed by atoms with Crippen molar-refractivity contribution in [2.75, 3.05) is 17.6 Å². The molecule has 3 rings (SSSR count). The van der Waals surface area contributed by atoms with Crippen molar-refractivity contribution in [3.8, 4) is 0 Å². The number of carbonyl (C=O) groups excluding carboxylic acids is 1. The summed E-state index contributed by atoms with van der Waals surface area (Å²) in [6.07, 6.45) is 3.75. The van der Waals surface area contributed by atoms with Crippen LogP contribution in [0.2, 0.25) is 0 Å². The standard InChI is InChI=1S/C15H20N2O3S2/c1-2-11-5-3-4-8-17(11)22(19,20)12-6-7-14-13(9-12)16-15(18)10-21-14/h6-7,9,11H,2-5,8,10H2,1H3,(H,16,18)/t11-/m1/s1. The predicted octanol–water partition coefficient (Wildman–Crippen LogP) is 2.68. The summed E-state index contributed by atoms with van der Waals surface area (Å²) in [5.74, 6) is 0.291. The van der Waals surface area contributed by atoms with E-state index in [1.807, 2.05) is 6.92 Å². The summed E-state index contributed by atoms with van der Waals surface area (Å²) in [4.78, 5) is 12.7. The van der Waals surface area contributed by atoms with Crippen LogP contribution in [-0.2, 0) is 14.8 Å². The maximum Gasteiger partial charge on any atom is 0.243 e. The van der Waals surface area contributed by atoms with Crippen molar-refractivity contribution in [2.24, 2.45) is 0 Å². The van der Waals surface area contributed by atoms with Gasteiger partial charge in [0, 0.05) is 17.5 Å². The van der Waals surface area contributed by atoms with Crippen LogP contribution in [0.5, 0.6) is 0 Å². The first kappa shape index (κ1) is 15.8. The zero-order valence-corrected chi connectivity index (χ0v) is 14.2. The van der Waals surface area contributed by atoms with Crippen LogP contribution in [0.25, 0.3) is 0 Å². The molecular formula is C15H20N2O3S2. The van der Waals surface area contributed by atoms with Crippen LogP contribution < -0.4 is 5.32 Å². The van der Waals surface area contributed by atoms with Gasteiger partial charge in [-0.1, -0.05) is 13.3 Å². The molecule has 5 nitrogen and oxygen atoms in total.